The van der Waals surface area contributed by atoms with Crippen molar-refractivity contribution in [2.45, 2.75) is 0 Å². The fourth-order valence-corrected chi connectivity index (χ4v) is 1.94. The average molecular weight is 272 g/mol. The third-order valence-electron chi connectivity index (χ3n) is 3.03. The zero-order valence-electron chi connectivity index (χ0n) is 12.1. The van der Waals surface area contributed by atoms with Gasteiger partial charge in [0, 0.05) is 20.1 Å². The second-order valence-corrected chi connectivity index (χ2v) is 4.96. The lowest BCUT2D eigenvalue weighted by Gasteiger charge is -2.09. The molecule has 1 N–H and O–H groups in total. The fourth-order valence-electron chi connectivity index (χ4n) is 1.94. The van der Waals surface area contributed by atoms with Gasteiger partial charge in [0.1, 0.15) is 0 Å². The Morgan fingerprint density at radius 2 is 2.00 bits per heavy atom. The summed E-state index contributed by atoms with van der Waals surface area (Å²) in [5.41, 5.74) is 2.43. The van der Waals surface area contributed by atoms with E-state index in [-0.39, 0.29) is 5.91 Å². The monoisotopic (exact) mass is 272 g/mol. The second kappa shape index (κ2) is 6.34. The van der Waals surface area contributed by atoms with Crippen LogP contribution in [0.3, 0.4) is 0 Å². The van der Waals surface area contributed by atoms with Crippen LogP contribution in [0.4, 0.5) is 0 Å². The van der Waals surface area contributed by atoms with Crippen molar-refractivity contribution in [3.8, 4) is 11.3 Å². The number of aryl methyl sites for hydroxylation is 1. The van der Waals surface area contributed by atoms with Gasteiger partial charge in [-0.3, -0.25) is 9.48 Å². The van der Waals surface area contributed by atoms with Crippen molar-refractivity contribution in [3.05, 3.63) is 42.1 Å². The Kier molecular flexibility index (Phi) is 4.53. The molecule has 5 heteroatoms. The lowest BCUT2D eigenvalue weighted by molar-refractivity contribution is 0.0945. The fraction of sp³-hybridized carbons (Fsp3) is 0.333. The van der Waals surface area contributed by atoms with E-state index in [1.807, 2.05) is 62.4 Å². The third-order valence-corrected chi connectivity index (χ3v) is 3.03. The van der Waals surface area contributed by atoms with Crippen molar-refractivity contribution in [1.82, 2.24) is 20.0 Å². The molecule has 0 saturated heterocycles. The van der Waals surface area contributed by atoms with E-state index in [1.165, 1.54) is 0 Å². The highest BCUT2D eigenvalue weighted by molar-refractivity contribution is 5.93. The normalized spacial score (nSPS) is 10.8. The second-order valence-electron chi connectivity index (χ2n) is 4.96. The van der Waals surface area contributed by atoms with Crippen molar-refractivity contribution < 1.29 is 4.79 Å². The van der Waals surface area contributed by atoms with E-state index in [1.54, 1.807) is 4.68 Å². The molecule has 1 heterocycles. The summed E-state index contributed by atoms with van der Waals surface area (Å²) >= 11 is 0. The Hall–Kier alpha value is -2.14. The Morgan fingerprint density at radius 3 is 2.65 bits per heavy atom. The Labute approximate surface area is 119 Å². The maximum atomic E-state index is 12.0. The van der Waals surface area contributed by atoms with Crippen LogP contribution in [0.1, 0.15) is 10.5 Å². The average Bonchev–Trinajstić information content (AvgIpc) is 2.81. The molecular formula is C15H20N4O. The summed E-state index contributed by atoms with van der Waals surface area (Å²) in [6, 6.07) is 11.7. The SMILES string of the molecule is CN(C)CCNC(=O)c1cc(-c2ccccc2)n(C)n1. The Balaban J connectivity index is 2.09. The van der Waals surface area contributed by atoms with E-state index in [0.29, 0.717) is 12.2 Å². The predicted octanol–water partition coefficient (Wildman–Crippen LogP) is 1.38. The van der Waals surface area contributed by atoms with Gasteiger partial charge in [-0.05, 0) is 25.7 Å². The quantitative estimate of drug-likeness (QED) is 0.894. The first-order chi connectivity index (χ1) is 9.58. The number of aromatic nitrogens is 2. The lowest BCUT2D eigenvalue weighted by Crippen LogP contribution is -2.31. The van der Waals surface area contributed by atoms with E-state index in [2.05, 4.69) is 10.4 Å². The molecule has 2 rings (SSSR count). The maximum absolute atomic E-state index is 12.0. The summed E-state index contributed by atoms with van der Waals surface area (Å²) in [7, 11) is 5.79. The minimum Gasteiger partial charge on any atom is -0.349 e. The summed E-state index contributed by atoms with van der Waals surface area (Å²) < 4.78 is 1.73. The molecule has 1 aromatic heterocycles. The van der Waals surface area contributed by atoms with E-state index in [0.717, 1.165) is 17.8 Å². The Morgan fingerprint density at radius 1 is 1.30 bits per heavy atom. The number of hydrogen-bond donors (Lipinski definition) is 1. The van der Waals surface area contributed by atoms with Gasteiger partial charge >= 0.3 is 0 Å². The number of rotatable bonds is 5. The third kappa shape index (κ3) is 3.45. The topological polar surface area (TPSA) is 50.2 Å². The highest BCUT2D eigenvalue weighted by atomic mass is 16.1. The molecule has 0 atom stereocenters. The number of amides is 1. The number of carbonyl (C=O) groups is 1. The molecule has 1 aromatic carbocycles. The molecule has 106 valence electrons. The van der Waals surface area contributed by atoms with E-state index in [4.69, 9.17) is 0 Å². The molecular weight excluding hydrogens is 252 g/mol. The lowest BCUT2D eigenvalue weighted by atomic mass is 10.1. The zero-order valence-corrected chi connectivity index (χ0v) is 12.1. The molecule has 0 aliphatic heterocycles. The first-order valence-electron chi connectivity index (χ1n) is 6.60. The minimum atomic E-state index is -0.135. The number of likely N-dealkylation sites (N-methyl/N-ethyl adjacent to an activating group) is 1. The van der Waals surface area contributed by atoms with Crippen LogP contribution in [0, 0.1) is 0 Å². The van der Waals surface area contributed by atoms with Crippen LogP contribution in [0.2, 0.25) is 0 Å². The van der Waals surface area contributed by atoms with Gasteiger partial charge in [-0.15, -0.1) is 0 Å². The van der Waals surface area contributed by atoms with Crippen molar-refractivity contribution in [1.29, 1.82) is 0 Å². The number of hydrogen-bond acceptors (Lipinski definition) is 3. The van der Waals surface area contributed by atoms with Gasteiger partial charge in [0.25, 0.3) is 5.91 Å². The van der Waals surface area contributed by atoms with Crippen molar-refractivity contribution >= 4 is 5.91 Å². The van der Waals surface area contributed by atoms with Gasteiger partial charge in [-0.25, -0.2) is 0 Å². The standard InChI is InChI=1S/C15H20N4O/c1-18(2)10-9-16-15(20)13-11-14(19(3)17-13)12-7-5-4-6-8-12/h4-8,11H,9-10H2,1-3H3,(H,16,20). The van der Waals surface area contributed by atoms with Crippen molar-refractivity contribution in [3.63, 3.8) is 0 Å². The smallest absolute Gasteiger partial charge is 0.271 e. The van der Waals surface area contributed by atoms with Gasteiger partial charge in [0.05, 0.1) is 5.69 Å². The summed E-state index contributed by atoms with van der Waals surface area (Å²) in [6.07, 6.45) is 0. The Bertz CT molecular complexity index is 575. The van der Waals surface area contributed by atoms with Crippen LogP contribution in [0.5, 0.6) is 0 Å². The molecule has 0 aliphatic carbocycles. The molecule has 0 unspecified atom stereocenters. The molecule has 0 aliphatic rings. The van der Waals surface area contributed by atoms with Gasteiger partial charge in [-0.2, -0.15) is 5.10 Å². The zero-order chi connectivity index (χ0) is 14.5. The van der Waals surface area contributed by atoms with Crippen LogP contribution in [0.15, 0.2) is 36.4 Å². The van der Waals surface area contributed by atoms with Crippen molar-refractivity contribution in [2.75, 3.05) is 27.2 Å². The van der Waals surface area contributed by atoms with Gasteiger partial charge in [0.15, 0.2) is 5.69 Å². The predicted molar refractivity (Wildman–Crippen MR) is 79.5 cm³/mol. The minimum absolute atomic E-state index is 0.135. The number of benzene rings is 1. The van der Waals surface area contributed by atoms with Gasteiger partial charge in [0.2, 0.25) is 0 Å². The van der Waals surface area contributed by atoms with Gasteiger partial charge < -0.3 is 10.2 Å². The van der Waals surface area contributed by atoms with E-state index in [9.17, 15) is 4.79 Å². The molecule has 2 aromatic rings. The molecule has 0 bridgehead atoms. The first kappa shape index (κ1) is 14.3. The summed E-state index contributed by atoms with van der Waals surface area (Å²) in [4.78, 5) is 14.0. The number of nitrogens with one attached hydrogen (secondary N) is 1. The maximum Gasteiger partial charge on any atom is 0.271 e. The highest BCUT2D eigenvalue weighted by Crippen LogP contribution is 2.19. The van der Waals surface area contributed by atoms with Gasteiger partial charge in [-0.1, -0.05) is 30.3 Å². The van der Waals surface area contributed by atoms with E-state index < -0.39 is 0 Å². The molecule has 0 fully saturated rings. The number of carbonyl (C=O) groups excluding carboxylic acids is 1. The summed E-state index contributed by atoms with van der Waals surface area (Å²) in [6.45, 7) is 1.42. The molecule has 0 saturated carbocycles. The molecule has 1 amide bonds. The van der Waals surface area contributed by atoms with E-state index >= 15 is 0 Å². The molecule has 5 nitrogen and oxygen atoms in total. The van der Waals surface area contributed by atoms with Crippen LogP contribution in [-0.2, 0) is 7.05 Å². The van der Waals surface area contributed by atoms with Crippen LogP contribution >= 0.6 is 0 Å². The molecule has 0 spiro atoms. The van der Waals surface area contributed by atoms with Crippen LogP contribution < -0.4 is 5.32 Å². The number of nitrogens with zero attached hydrogens (tertiary/aromatic N) is 3. The summed E-state index contributed by atoms with van der Waals surface area (Å²) in [5, 5.41) is 7.14. The van der Waals surface area contributed by atoms with Crippen LogP contribution in [0.25, 0.3) is 11.3 Å². The molecule has 0 radical (unpaired) electrons. The molecule has 20 heavy (non-hydrogen) atoms. The first-order valence-corrected chi connectivity index (χ1v) is 6.60. The largest absolute Gasteiger partial charge is 0.349 e. The highest BCUT2D eigenvalue weighted by Gasteiger charge is 2.13. The van der Waals surface area contributed by atoms with Crippen LogP contribution in [-0.4, -0.2) is 47.8 Å². The van der Waals surface area contributed by atoms with Crippen molar-refractivity contribution in [2.24, 2.45) is 7.05 Å². The summed E-state index contributed by atoms with van der Waals surface area (Å²) in [5.74, 6) is -0.135.